The van der Waals surface area contributed by atoms with E-state index in [0.717, 1.165) is 34.9 Å². The van der Waals surface area contributed by atoms with Gasteiger partial charge in [-0.25, -0.2) is 0 Å². The fraction of sp³-hybridized carbons (Fsp3) is 0.320. The van der Waals surface area contributed by atoms with Crippen LogP contribution >= 0.6 is 0 Å². The molecule has 27 heavy (non-hydrogen) atoms. The Balaban J connectivity index is 1.91. The van der Waals surface area contributed by atoms with Crippen LogP contribution in [0.2, 0.25) is 0 Å². The average Bonchev–Trinajstić information content (AvgIpc) is 2.98. The monoisotopic (exact) mass is 358 g/mol. The van der Waals surface area contributed by atoms with Crippen molar-refractivity contribution in [3.63, 3.8) is 0 Å². The normalized spacial score (nSPS) is 18.3. The zero-order chi connectivity index (χ0) is 19.2. The minimum Gasteiger partial charge on any atom is -0.455 e. The molecular formula is C25H26O2. The number of carbonyl (C=O) groups excluding carboxylic acids is 1. The first kappa shape index (κ1) is 17.8. The van der Waals surface area contributed by atoms with Gasteiger partial charge in [0.05, 0.1) is 5.56 Å². The standard InChI is InChI=1S/C25H26O2/c1-24(2)14-18(15-25(3,4)16-24)22(26)21-19-12-8-9-13-20(19)27-23(21)17-10-6-5-7-11-17/h5-14H,15-16H2,1-4H3. The lowest BCUT2D eigenvalue weighted by Crippen LogP contribution is -2.29. The zero-order valence-corrected chi connectivity index (χ0v) is 16.5. The predicted octanol–water partition coefficient (Wildman–Crippen LogP) is 7.06. The Morgan fingerprint density at radius 2 is 1.59 bits per heavy atom. The number of hydrogen-bond donors (Lipinski definition) is 0. The van der Waals surface area contributed by atoms with Crippen LogP contribution in [0.25, 0.3) is 22.3 Å². The van der Waals surface area contributed by atoms with Gasteiger partial charge in [0.15, 0.2) is 5.78 Å². The summed E-state index contributed by atoms with van der Waals surface area (Å²) in [6, 6.07) is 17.7. The Kier molecular flexibility index (Phi) is 4.10. The number of Topliss-reactive ketones (excluding diaryl/α,β-unsaturated/α-hetero) is 1. The molecule has 0 atom stereocenters. The molecule has 0 N–H and O–H groups in total. The Morgan fingerprint density at radius 1 is 0.926 bits per heavy atom. The number of fused-ring (bicyclic) bond motifs is 1. The van der Waals surface area contributed by atoms with Crippen molar-refractivity contribution in [3.05, 3.63) is 71.8 Å². The highest BCUT2D eigenvalue weighted by molar-refractivity contribution is 6.19. The van der Waals surface area contributed by atoms with E-state index in [1.165, 1.54) is 0 Å². The van der Waals surface area contributed by atoms with E-state index in [4.69, 9.17) is 4.42 Å². The Bertz CT molecular complexity index is 1030. The van der Waals surface area contributed by atoms with Crippen molar-refractivity contribution < 1.29 is 9.21 Å². The summed E-state index contributed by atoms with van der Waals surface area (Å²) in [6.07, 6.45) is 4.05. The second-order valence-electron chi connectivity index (χ2n) is 9.17. The molecule has 0 fully saturated rings. The van der Waals surface area contributed by atoms with Crippen LogP contribution in [0.1, 0.15) is 50.9 Å². The van der Waals surface area contributed by atoms with E-state index < -0.39 is 0 Å². The quantitative estimate of drug-likeness (QED) is 0.469. The lowest BCUT2D eigenvalue weighted by Gasteiger charge is -2.39. The van der Waals surface area contributed by atoms with Gasteiger partial charge in [-0.3, -0.25) is 4.79 Å². The maximum atomic E-state index is 13.7. The number of ketones is 1. The Labute approximate surface area is 160 Å². The molecular weight excluding hydrogens is 332 g/mol. The van der Waals surface area contributed by atoms with Crippen LogP contribution in [-0.2, 0) is 0 Å². The van der Waals surface area contributed by atoms with Crippen molar-refractivity contribution >= 4 is 16.8 Å². The fourth-order valence-corrected chi connectivity index (χ4v) is 4.76. The van der Waals surface area contributed by atoms with E-state index >= 15 is 0 Å². The molecule has 0 aliphatic heterocycles. The number of hydrogen-bond acceptors (Lipinski definition) is 2. The minimum absolute atomic E-state index is 0.0131. The van der Waals surface area contributed by atoms with Gasteiger partial charge in [-0.1, -0.05) is 82.3 Å². The summed E-state index contributed by atoms with van der Waals surface area (Å²) in [5.41, 5.74) is 3.41. The van der Waals surface area contributed by atoms with Crippen LogP contribution in [0.3, 0.4) is 0 Å². The maximum Gasteiger partial charge on any atom is 0.193 e. The highest BCUT2D eigenvalue weighted by atomic mass is 16.3. The summed E-state index contributed by atoms with van der Waals surface area (Å²) in [5.74, 6) is 0.767. The maximum absolute atomic E-state index is 13.7. The van der Waals surface area contributed by atoms with Crippen LogP contribution in [0.5, 0.6) is 0 Å². The van der Waals surface area contributed by atoms with Crippen LogP contribution in [0, 0.1) is 10.8 Å². The average molecular weight is 358 g/mol. The third-order valence-corrected chi connectivity index (χ3v) is 5.32. The van der Waals surface area contributed by atoms with Crippen molar-refractivity contribution in [2.24, 2.45) is 10.8 Å². The van der Waals surface area contributed by atoms with Crippen LogP contribution in [0.15, 0.2) is 70.7 Å². The van der Waals surface area contributed by atoms with Gasteiger partial charge in [0.1, 0.15) is 11.3 Å². The molecule has 4 rings (SSSR count). The van der Waals surface area contributed by atoms with Crippen molar-refractivity contribution in [1.82, 2.24) is 0 Å². The molecule has 2 heteroatoms. The molecule has 1 aliphatic rings. The molecule has 0 saturated carbocycles. The first-order valence-electron chi connectivity index (χ1n) is 9.59. The summed E-state index contributed by atoms with van der Waals surface area (Å²) in [6.45, 7) is 8.93. The van der Waals surface area contributed by atoms with E-state index in [2.05, 4.69) is 33.8 Å². The number of furan rings is 1. The lowest BCUT2D eigenvalue weighted by molar-refractivity contribution is 0.100. The Morgan fingerprint density at radius 3 is 2.30 bits per heavy atom. The zero-order valence-electron chi connectivity index (χ0n) is 16.5. The van der Waals surface area contributed by atoms with E-state index in [1.807, 2.05) is 54.6 Å². The van der Waals surface area contributed by atoms with Gasteiger partial charge in [0.2, 0.25) is 0 Å². The van der Waals surface area contributed by atoms with E-state index in [9.17, 15) is 4.79 Å². The van der Waals surface area contributed by atoms with Crippen molar-refractivity contribution in [1.29, 1.82) is 0 Å². The number of benzene rings is 2. The second-order valence-corrected chi connectivity index (χ2v) is 9.17. The topological polar surface area (TPSA) is 30.2 Å². The largest absolute Gasteiger partial charge is 0.455 e. The van der Waals surface area contributed by atoms with E-state index in [1.54, 1.807) is 0 Å². The van der Waals surface area contributed by atoms with Gasteiger partial charge in [0, 0.05) is 10.9 Å². The number of allylic oxidation sites excluding steroid dienone is 2. The molecule has 2 aromatic carbocycles. The summed E-state index contributed by atoms with van der Waals surface area (Å²) in [4.78, 5) is 13.7. The molecule has 1 heterocycles. The molecule has 2 nitrogen and oxygen atoms in total. The van der Waals surface area contributed by atoms with Gasteiger partial charge in [-0.15, -0.1) is 0 Å². The number of rotatable bonds is 3. The van der Waals surface area contributed by atoms with E-state index in [-0.39, 0.29) is 16.6 Å². The molecule has 1 aromatic heterocycles. The Hall–Kier alpha value is -2.61. The van der Waals surface area contributed by atoms with Crippen LogP contribution < -0.4 is 0 Å². The molecule has 1 aliphatic carbocycles. The van der Waals surface area contributed by atoms with Crippen LogP contribution in [-0.4, -0.2) is 5.78 Å². The second kappa shape index (κ2) is 6.23. The highest BCUT2D eigenvalue weighted by Gasteiger charge is 2.36. The first-order valence-corrected chi connectivity index (χ1v) is 9.59. The lowest BCUT2D eigenvalue weighted by atomic mass is 9.66. The molecule has 0 bridgehead atoms. The van der Waals surface area contributed by atoms with Gasteiger partial charge in [0.25, 0.3) is 0 Å². The van der Waals surface area contributed by atoms with E-state index in [0.29, 0.717) is 11.3 Å². The third-order valence-electron chi connectivity index (χ3n) is 5.32. The number of para-hydroxylation sites is 1. The molecule has 3 aromatic rings. The molecule has 138 valence electrons. The molecule has 0 unspecified atom stereocenters. The summed E-state index contributed by atoms with van der Waals surface area (Å²) in [5, 5.41) is 0.892. The van der Waals surface area contributed by atoms with Gasteiger partial charge in [-0.05, 0) is 35.3 Å². The fourth-order valence-electron chi connectivity index (χ4n) is 4.76. The van der Waals surface area contributed by atoms with Crippen LogP contribution in [0.4, 0.5) is 0 Å². The van der Waals surface area contributed by atoms with Gasteiger partial charge < -0.3 is 4.42 Å². The minimum atomic E-state index is 0.0131. The molecule has 0 radical (unpaired) electrons. The van der Waals surface area contributed by atoms with Crippen molar-refractivity contribution in [3.8, 4) is 11.3 Å². The highest BCUT2D eigenvalue weighted by Crippen LogP contribution is 2.46. The molecule has 0 spiro atoms. The molecule has 0 saturated heterocycles. The first-order chi connectivity index (χ1) is 12.8. The smallest absolute Gasteiger partial charge is 0.193 e. The van der Waals surface area contributed by atoms with Gasteiger partial charge in [-0.2, -0.15) is 0 Å². The summed E-state index contributed by atoms with van der Waals surface area (Å²) >= 11 is 0. The molecule has 0 amide bonds. The third kappa shape index (κ3) is 3.37. The SMILES string of the molecule is CC1(C)C=C(C(=O)c2c(-c3ccccc3)oc3ccccc23)CC(C)(C)C1. The van der Waals surface area contributed by atoms with Gasteiger partial charge >= 0.3 is 0 Å². The summed E-state index contributed by atoms with van der Waals surface area (Å²) in [7, 11) is 0. The van der Waals surface area contributed by atoms with Crippen molar-refractivity contribution in [2.75, 3.05) is 0 Å². The predicted molar refractivity (Wildman–Crippen MR) is 111 cm³/mol. The summed E-state index contributed by atoms with van der Waals surface area (Å²) < 4.78 is 6.15. The number of carbonyl (C=O) groups is 1. The van der Waals surface area contributed by atoms with Crippen molar-refractivity contribution in [2.45, 2.75) is 40.5 Å².